The molecule has 0 bridgehead atoms. The Morgan fingerprint density at radius 3 is 2.47 bits per heavy atom. The molecule has 0 aromatic heterocycles. The molecule has 1 aromatic carbocycles. The summed E-state index contributed by atoms with van der Waals surface area (Å²) in [4.78, 5) is 0. The first-order valence-electron chi connectivity index (χ1n) is 5.94. The summed E-state index contributed by atoms with van der Waals surface area (Å²) in [6.07, 6.45) is 0.722. The van der Waals surface area contributed by atoms with Gasteiger partial charge in [-0.1, -0.05) is 19.1 Å². The maximum atomic E-state index is 9.90. The normalized spacial score (nSPS) is 15.9. The molecule has 3 nitrogen and oxygen atoms in total. The molecule has 2 unspecified atom stereocenters. The van der Waals surface area contributed by atoms with E-state index >= 15 is 0 Å². The molecule has 92 valence electrons. The van der Waals surface area contributed by atoms with Crippen LogP contribution in [0.1, 0.15) is 44.4 Å². The summed E-state index contributed by atoms with van der Waals surface area (Å²) in [5.41, 5.74) is 1.12. The Morgan fingerprint density at radius 2 is 2.00 bits per heavy atom. The van der Waals surface area contributed by atoms with Crippen LogP contribution in [0.15, 0.2) is 24.3 Å². The van der Waals surface area contributed by atoms with Gasteiger partial charge < -0.3 is 10.4 Å². The van der Waals surface area contributed by atoms with Crippen molar-refractivity contribution in [2.75, 3.05) is 6.54 Å². The first-order valence-corrected chi connectivity index (χ1v) is 5.94. The average molecular weight is 232 g/mol. The zero-order chi connectivity index (χ0) is 12.9. The average Bonchev–Trinajstić information content (AvgIpc) is 2.36. The Morgan fingerprint density at radius 1 is 1.41 bits per heavy atom. The third kappa shape index (κ3) is 4.18. The lowest BCUT2D eigenvalue weighted by Crippen LogP contribution is -2.38. The van der Waals surface area contributed by atoms with Gasteiger partial charge in [0.15, 0.2) is 0 Å². The minimum atomic E-state index is -0.666. The van der Waals surface area contributed by atoms with Crippen LogP contribution in [0.5, 0.6) is 0 Å². The summed E-state index contributed by atoms with van der Waals surface area (Å²) in [5.74, 6) is 0. The van der Waals surface area contributed by atoms with Crippen LogP contribution in [0.4, 0.5) is 0 Å². The lowest BCUT2D eigenvalue weighted by Gasteiger charge is -2.24. The van der Waals surface area contributed by atoms with E-state index in [0.717, 1.165) is 12.0 Å². The number of nitrogens with one attached hydrogen (secondary N) is 1. The molecule has 1 aromatic rings. The van der Waals surface area contributed by atoms with Gasteiger partial charge in [0.25, 0.3) is 0 Å². The molecular formula is C14H20N2O. The highest BCUT2D eigenvalue weighted by Gasteiger charge is 2.18. The fraction of sp³-hybridized carbons (Fsp3) is 0.500. The fourth-order valence-electron chi connectivity index (χ4n) is 1.46. The van der Waals surface area contributed by atoms with Gasteiger partial charge in [-0.2, -0.15) is 5.26 Å². The van der Waals surface area contributed by atoms with Crippen LogP contribution in [0.3, 0.4) is 0 Å². The molecule has 2 atom stereocenters. The van der Waals surface area contributed by atoms with Gasteiger partial charge >= 0.3 is 0 Å². The molecule has 1 rings (SSSR count). The number of nitriles is 1. The molecule has 0 saturated heterocycles. The highest BCUT2D eigenvalue weighted by molar-refractivity contribution is 5.32. The zero-order valence-electron chi connectivity index (χ0n) is 10.7. The van der Waals surface area contributed by atoms with E-state index in [1.807, 2.05) is 45.0 Å². The van der Waals surface area contributed by atoms with Gasteiger partial charge in [0.2, 0.25) is 0 Å². The van der Waals surface area contributed by atoms with Gasteiger partial charge in [0, 0.05) is 12.6 Å². The summed E-state index contributed by atoms with van der Waals surface area (Å²) >= 11 is 0. The van der Waals surface area contributed by atoms with E-state index in [1.165, 1.54) is 0 Å². The van der Waals surface area contributed by atoms with E-state index in [2.05, 4.69) is 11.4 Å². The van der Waals surface area contributed by atoms with Gasteiger partial charge in [-0.25, -0.2) is 0 Å². The van der Waals surface area contributed by atoms with Crippen molar-refractivity contribution in [3.05, 3.63) is 35.4 Å². The smallest absolute Gasteiger partial charge is 0.0991 e. The molecule has 2 N–H and O–H groups in total. The maximum Gasteiger partial charge on any atom is 0.0991 e. The van der Waals surface area contributed by atoms with E-state index in [1.54, 1.807) is 0 Å². The molecule has 0 aliphatic heterocycles. The van der Waals surface area contributed by atoms with Crippen LogP contribution < -0.4 is 5.32 Å². The molecular weight excluding hydrogens is 212 g/mol. The summed E-state index contributed by atoms with van der Waals surface area (Å²) in [5, 5.41) is 21.9. The molecule has 0 saturated carbocycles. The van der Waals surface area contributed by atoms with Gasteiger partial charge in [-0.15, -0.1) is 0 Å². The van der Waals surface area contributed by atoms with Crippen molar-refractivity contribution in [1.82, 2.24) is 5.32 Å². The van der Waals surface area contributed by atoms with Crippen LogP contribution in [-0.2, 0) is 0 Å². The molecule has 0 aliphatic rings. The van der Waals surface area contributed by atoms with Crippen LogP contribution in [-0.4, -0.2) is 17.3 Å². The second-order valence-electron chi connectivity index (χ2n) is 4.69. The van der Waals surface area contributed by atoms with Crippen molar-refractivity contribution in [1.29, 1.82) is 5.26 Å². The maximum absolute atomic E-state index is 9.90. The Kier molecular flexibility index (Phi) is 4.68. The predicted molar refractivity (Wildman–Crippen MR) is 68.5 cm³/mol. The fourth-order valence-corrected chi connectivity index (χ4v) is 1.46. The molecule has 0 amide bonds. The minimum Gasteiger partial charge on any atom is -0.389 e. The molecule has 0 spiro atoms. The topological polar surface area (TPSA) is 56.0 Å². The van der Waals surface area contributed by atoms with Crippen LogP contribution in [0, 0.1) is 11.3 Å². The largest absolute Gasteiger partial charge is 0.389 e. The highest BCUT2D eigenvalue weighted by atomic mass is 16.3. The van der Waals surface area contributed by atoms with Gasteiger partial charge in [-0.3, -0.25) is 0 Å². The van der Waals surface area contributed by atoms with E-state index in [0.29, 0.717) is 12.1 Å². The van der Waals surface area contributed by atoms with Gasteiger partial charge in [0.05, 0.1) is 17.2 Å². The number of nitrogens with zero attached hydrogens (tertiary/aromatic N) is 1. The summed E-state index contributed by atoms with van der Waals surface area (Å²) in [6.45, 7) is 6.40. The van der Waals surface area contributed by atoms with Gasteiger partial charge in [-0.05, 0) is 38.0 Å². The summed E-state index contributed by atoms with van der Waals surface area (Å²) in [6, 6.07) is 9.77. The van der Waals surface area contributed by atoms with Crippen molar-refractivity contribution in [3.8, 4) is 6.07 Å². The summed E-state index contributed by atoms with van der Waals surface area (Å²) in [7, 11) is 0. The van der Waals surface area contributed by atoms with Crippen molar-refractivity contribution in [3.63, 3.8) is 0 Å². The quantitative estimate of drug-likeness (QED) is 0.819. The third-order valence-corrected chi connectivity index (χ3v) is 3.09. The molecule has 0 fully saturated rings. The highest BCUT2D eigenvalue weighted by Crippen LogP contribution is 2.15. The van der Waals surface area contributed by atoms with E-state index in [-0.39, 0.29) is 6.04 Å². The Balaban J connectivity index is 2.58. The third-order valence-electron chi connectivity index (χ3n) is 3.09. The number of rotatable bonds is 5. The minimum absolute atomic E-state index is 0.167. The summed E-state index contributed by atoms with van der Waals surface area (Å²) < 4.78 is 0. The predicted octanol–water partition coefficient (Wildman–Crippen LogP) is 2.37. The zero-order valence-corrected chi connectivity index (χ0v) is 10.7. The molecule has 3 heteroatoms. The number of benzene rings is 1. The van der Waals surface area contributed by atoms with Crippen LogP contribution >= 0.6 is 0 Å². The van der Waals surface area contributed by atoms with Gasteiger partial charge in [0.1, 0.15) is 0 Å². The van der Waals surface area contributed by atoms with Crippen molar-refractivity contribution >= 4 is 0 Å². The van der Waals surface area contributed by atoms with Crippen LogP contribution in [0.25, 0.3) is 0 Å². The number of hydrogen-bond acceptors (Lipinski definition) is 3. The molecule has 17 heavy (non-hydrogen) atoms. The monoisotopic (exact) mass is 232 g/mol. The standard InChI is InChI=1S/C14H20N2O/c1-4-14(3,17)10-16-11(2)13-7-5-12(9-15)6-8-13/h5-8,11,16-17H,4,10H2,1-3H3. The van der Waals surface area contributed by atoms with E-state index in [9.17, 15) is 5.11 Å². The second kappa shape index (κ2) is 5.81. The Labute approximate surface area is 103 Å². The molecule has 0 aliphatic carbocycles. The second-order valence-corrected chi connectivity index (χ2v) is 4.69. The van der Waals surface area contributed by atoms with Crippen LogP contribution in [0.2, 0.25) is 0 Å². The lowest BCUT2D eigenvalue weighted by atomic mass is 10.0. The SMILES string of the molecule is CCC(C)(O)CNC(C)c1ccc(C#N)cc1. The first kappa shape index (κ1) is 13.7. The number of aliphatic hydroxyl groups is 1. The molecule has 0 heterocycles. The van der Waals surface area contributed by atoms with Crippen molar-refractivity contribution in [2.45, 2.75) is 38.8 Å². The molecule has 0 radical (unpaired) electrons. The van der Waals surface area contributed by atoms with Crippen molar-refractivity contribution < 1.29 is 5.11 Å². The van der Waals surface area contributed by atoms with Crippen molar-refractivity contribution in [2.24, 2.45) is 0 Å². The lowest BCUT2D eigenvalue weighted by molar-refractivity contribution is 0.0533. The Hall–Kier alpha value is -1.37. The Bertz CT molecular complexity index is 390. The van der Waals surface area contributed by atoms with E-state index in [4.69, 9.17) is 5.26 Å². The van der Waals surface area contributed by atoms with E-state index < -0.39 is 5.60 Å². The number of hydrogen-bond donors (Lipinski definition) is 2. The first-order chi connectivity index (χ1) is 7.98.